The Morgan fingerprint density at radius 1 is 1.12 bits per heavy atom. The third-order valence-electron chi connectivity index (χ3n) is 7.52. The number of benzene rings is 2. The molecular formula is C30H33N7O4S2. The molecule has 1 atom stereocenters. The number of ether oxygens (including phenoxy) is 1. The summed E-state index contributed by atoms with van der Waals surface area (Å²) in [5.74, 6) is 0.633. The number of hydrogen-bond donors (Lipinski definition) is 2. The first kappa shape index (κ1) is 29.2. The number of anilines is 2. The van der Waals surface area contributed by atoms with E-state index in [2.05, 4.69) is 36.4 Å². The zero-order valence-corrected chi connectivity index (χ0v) is 25.2. The van der Waals surface area contributed by atoms with E-state index in [1.54, 1.807) is 36.7 Å². The maximum Gasteiger partial charge on any atom is 0.261 e. The molecule has 11 nitrogen and oxygen atoms in total. The predicted molar refractivity (Wildman–Crippen MR) is 168 cm³/mol. The number of piperidine rings is 1. The summed E-state index contributed by atoms with van der Waals surface area (Å²) in [6.07, 6.45) is 4.72. The van der Waals surface area contributed by atoms with Crippen molar-refractivity contribution in [1.82, 2.24) is 25.2 Å². The number of hydrogen-bond acceptors (Lipinski definition) is 10. The molecule has 2 saturated heterocycles. The SMILES string of the molecule is C=CC(=O)N[C@@H]1CCCN(Cc2cccc(S(=O)(=O)Nc3ccc(-c4nc5c(N6CCOCC6)ncnc5s4)cc3)c2)C1. The van der Waals surface area contributed by atoms with Crippen molar-refractivity contribution < 1.29 is 17.9 Å². The molecular weight excluding hydrogens is 587 g/mol. The summed E-state index contributed by atoms with van der Waals surface area (Å²) in [6, 6.07) is 14.2. The third-order valence-corrected chi connectivity index (χ3v) is 9.91. The van der Waals surface area contributed by atoms with E-state index in [0.29, 0.717) is 32.0 Å². The fourth-order valence-electron chi connectivity index (χ4n) is 5.41. The van der Waals surface area contributed by atoms with Crippen LogP contribution in [0.2, 0.25) is 0 Å². The van der Waals surface area contributed by atoms with Crippen LogP contribution in [0.25, 0.3) is 20.9 Å². The van der Waals surface area contributed by atoms with Crippen LogP contribution in [0, 0.1) is 0 Å². The summed E-state index contributed by atoms with van der Waals surface area (Å²) in [7, 11) is -3.81. The molecule has 1 amide bonds. The minimum atomic E-state index is -3.81. The molecule has 4 heterocycles. The van der Waals surface area contributed by atoms with Gasteiger partial charge in [-0.1, -0.05) is 30.0 Å². The molecule has 2 fully saturated rings. The van der Waals surface area contributed by atoms with Gasteiger partial charge in [0.25, 0.3) is 10.0 Å². The third kappa shape index (κ3) is 6.85. The second-order valence-electron chi connectivity index (χ2n) is 10.6. The van der Waals surface area contributed by atoms with Crippen LogP contribution in [0.15, 0.2) is 72.4 Å². The Morgan fingerprint density at radius 3 is 2.72 bits per heavy atom. The quantitative estimate of drug-likeness (QED) is 0.270. The van der Waals surface area contributed by atoms with E-state index in [4.69, 9.17) is 9.72 Å². The Hall–Kier alpha value is -3.91. The number of thiazole rings is 1. The van der Waals surface area contributed by atoms with E-state index in [-0.39, 0.29) is 16.8 Å². The van der Waals surface area contributed by atoms with E-state index in [1.807, 2.05) is 18.2 Å². The van der Waals surface area contributed by atoms with Gasteiger partial charge in [-0.05, 0) is 67.4 Å². The van der Waals surface area contributed by atoms with Gasteiger partial charge < -0.3 is 15.0 Å². The molecule has 2 aromatic heterocycles. The number of sulfonamides is 1. The van der Waals surface area contributed by atoms with Gasteiger partial charge >= 0.3 is 0 Å². The van der Waals surface area contributed by atoms with Crippen LogP contribution in [0.1, 0.15) is 18.4 Å². The van der Waals surface area contributed by atoms with Crippen molar-refractivity contribution in [1.29, 1.82) is 0 Å². The molecule has 0 spiro atoms. The first-order valence-electron chi connectivity index (χ1n) is 14.2. The molecule has 0 radical (unpaired) electrons. The minimum Gasteiger partial charge on any atom is -0.378 e. The molecule has 13 heteroatoms. The van der Waals surface area contributed by atoms with Gasteiger partial charge in [-0.2, -0.15) is 0 Å². The molecule has 0 bridgehead atoms. The molecule has 6 rings (SSSR count). The van der Waals surface area contributed by atoms with E-state index >= 15 is 0 Å². The number of likely N-dealkylation sites (tertiary alicyclic amines) is 1. The lowest BCUT2D eigenvalue weighted by molar-refractivity contribution is -0.117. The van der Waals surface area contributed by atoms with Crippen LogP contribution in [-0.2, 0) is 26.1 Å². The molecule has 2 aliphatic rings. The van der Waals surface area contributed by atoms with Gasteiger partial charge in [0.1, 0.15) is 21.7 Å². The van der Waals surface area contributed by atoms with Crippen molar-refractivity contribution in [3.8, 4) is 10.6 Å². The number of aromatic nitrogens is 3. The van der Waals surface area contributed by atoms with E-state index < -0.39 is 10.0 Å². The monoisotopic (exact) mass is 619 g/mol. The van der Waals surface area contributed by atoms with Gasteiger partial charge in [-0.25, -0.2) is 23.4 Å². The summed E-state index contributed by atoms with van der Waals surface area (Å²) >= 11 is 1.48. The Morgan fingerprint density at radius 2 is 1.93 bits per heavy atom. The summed E-state index contributed by atoms with van der Waals surface area (Å²) < 4.78 is 34.8. The minimum absolute atomic E-state index is 0.0540. The van der Waals surface area contributed by atoms with Gasteiger partial charge in [-0.3, -0.25) is 14.4 Å². The highest BCUT2D eigenvalue weighted by atomic mass is 32.2. The van der Waals surface area contributed by atoms with Crippen molar-refractivity contribution in [2.75, 3.05) is 49.0 Å². The number of carbonyl (C=O) groups is 1. The number of nitrogens with one attached hydrogen (secondary N) is 2. The number of morpholine rings is 1. The molecule has 0 aliphatic carbocycles. The Kier molecular flexibility index (Phi) is 8.66. The lowest BCUT2D eigenvalue weighted by atomic mass is 10.0. The van der Waals surface area contributed by atoms with Crippen molar-refractivity contribution in [3.63, 3.8) is 0 Å². The highest BCUT2D eigenvalue weighted by Crippen LogP contribution is 2.33. The van der Waals surface area contributed by atoms with Crippen LogP contribution in [0.5, 0.6) is 0 Å². The van der Waals surface area contributed by atoms with Crippen molar-refractivity contribution >= 4 is 49.1 Å². The second-order valence-corrected chi connectivity index (χ2v) is 13.2. The normalized spacial score (nSPS) is 18.0. The molecule has 43 heavy (non-hydrogen) atoms. The highest BCUT2D eigenvalue weighted by molar-refractivity contribution is 7.92. The lowest BCUT2D eigenvalue weighted by Crippen LogP contribution is -2.46. The highest BCUT2D eigenvalue weighted by Gasteiger charge is 2.22. The molecule has 2 aromatic carbocycles. The average Bonchev–Trinajstić information content (AvgIpc) is 3.47. The van der Waals surface area contributed by atoms with E-state index in [1.165, 1.54) is 17.4 Å². The van der Waals surface area contributed by atoms with Gasteiger partial charge in [-0.15, -0.1) is 0 Å². The maximum atomic E-state index is 13.3. The van der Waals surface area contributed by atoms with Gasteiger partial charge in [0.2, 0.25) is 5.91 Å². The summed E-state index contributed by atoms with van der Waals surface area (Å²) in [5, 5.41) is 3.75. The molecule has 4 aromatic rings. The predicted octanol–water partition coefficient (Wildman–Crippen LogP) is 3.66. The maximum absolute atomic E-state index is 13.3. The van der Waals surface area contributed by atoms with Crippen molar-refractivity contribution in [2.24, 2.45) is 0 Å². The fraction of sp³-hybridized carbons (Fsp3) is 0.333. The largest absolute Gasteiger partial charge is 0.378 e. The summed E-state index contributed by atoms with van der Waals surface area (Å²) in [5.41, 5.74) is 2.98. The zero-order chi connectivity index (χ0) is 29.8. The second kappa shape index (κ2) is 12.8. The number of nitrogens with zero attached hydrogens (tertiary/aromatic N) is 5. The topological polar surface area (TPSA) is 130 Å². The molecule has 0 saturated carbocycles. The van der Waals surface area contributed by atoms with Gasteiger partial charge in [0.15, 0.2) is 5.82 Å². The van der Waals surface area contributed by atoms with Crippen LogP contribution < -0.4 is 14.9 Å². The molecule has 2 N–H and O–H groups in total. The molecule has 2 aliphatic heterocycles. The van der Waals surface area contributed by atoms with E-state index in [9.17, 15) is 13.2 Å². The lowest BCUT2D eigenvalue weighted by Gasteiger charge is -2.33. The van der Waals surface area contributed by atoms with Crippen molar-refractivity contribution in [3.05, 3.63) is 73.1 Å². The smallest absolute Gasteiger partial charge is 0.261 e. The number of amides is 1. The molecule has 0 unspecified atom stereocenters. The van der Waals surface area contributed by atoms with Crippen LogP contribution in [0.4, 0.5) is 11.5 Å². The standard InChI is InChI=1S/C30H33N7O4S2/c1-2-26(38)33-24-6-4-12-36(19-24)18-21-5-3-7-25(17-21)43(39,40)35-23-10-8-22(9-11-23)29-34-27-28(31-20-32-30(27)42-29)37-13-15-41-16-14-37/h2-3,5,7-11,17,20,24,35H,1,4,6,12-16,18-19H2,(H,33,38)/t24-/m1/s1. The zero-order valence-electron chi connectivity index (χ0n) is 23.6. The first-order valence-corrected chi connectivity index (χ1v) is 16.5. The van der Waals surface area contributed by atoms with E-state index in [0.717, 1.165) is 64.8 Å². The Bertz CT molecular complexity index is 1720. The van der Waals surface area contributed by atoms with Crippen molar-refractivity contribution in [2.45, 2.75) is 30.3 Å². The van der Waals surface area contributed by atoms with Gasteiger partial charge in [0, 0.05) is 43.5 Å². The Labute approximate surface area is 254 Å². The Balaban J connectivity index is 1.13. The first-order chi connectivity index (χ1) is 20.9. The number of rotatable bonds is 9. The molecule has 224 valence electrons. The fourth-order valence-corrected chi connectivity index (χ4v) is 7.45. The van der Waals surface area contributed by atoms with Crippen LogP contribution in [-0.4, -0.2) is 79.6 Å². The van der Waals surface area contributed by atoms with Crippen LogP contribution >= 0.6 is 11.3 Å². The van der Waals surface area contributed by atoms with Gasteiger partial charge in [0.05, 0.1) is 18.1 Å². The summed E-state index contributed by atoms with van der Waals surface area (Å²) in [6.45, 7) is 8.52. The number of carbonyl (C=O) groups excluding carboxylic acids is 1. The average molecular weight is 620 g/mol. The summed E-state index contributed by atoms with van der Waals surface area (Å²) in [4.78, 5) is 30.8. The van der Waals surface area contributed by atoms with Crippen LogP contribution in [0.3, 0.4) is 0 Å². The number of fused-ring (bicyclic) bond motifs is 1.